The maximum Gasteiger partial charge on any atom is 0.185 e. The average Bonchev–Trinajstić information content (AvgIpc) is 2.88. The predicted molar refractivity (Wildman–Crippen MR) is 111 cm³/mol. The van der Waals surface area contributed by atoms with Gasteiger partial charge in [0.1, 0.15) is 5.15 Å². The van der Waals surface area contributed by atoms with E-state index < -0.39 is 0 Å². The number of allylic oxidation sites excluding steroid dienone is 1. The van der Waals surface area contributed by atoms with E-state index in [2.05, 4.69) is 27.7 Å². The number of ketones is 1. The molecule has 0 amide bonds. The summed E-state index contributed by atoms with van der Waals surface area (Å²) in [5, 5.41) is 5.49. The van der Waals surface area contributed by atoms with Crippen molar-refractivity contribution in [3.8, 4) is 5.69 Å². The summed E-state index contributed by atoms with van der Waals surface area (Å²) in [5.74, 6) is -0.0811. The highest BCUT2D eigenvalue weighted by Gasteiger charge is 2.13. The molecular weight excluding hydrogens is 470 g/mol. The van der Waals surface area contributed by atoms with E-state index in [-0.39, 0.29) is 5.78 Å². The van der Waals surface area contributed by atoms with Gasteiger partial charge in [-0.2, -0.15) is 5.10 Å². The molecule has 3 aromatic rings. The molecule has 0 bridgehead atoms. The van der Waals surface area contributed by atoms with Crippen LogP contribution in [0.4, 0.5) is 0 Å². The summed E-state index contributed by atoms with van der Waals surface area (Å²) < 4.78 is 2.69. The van der Waals surface area contributed by atoms with Gasteiger partial charge in [-0.1, -0.05) is 41.4 Å². The topological polar surface area (TPSA) is 34.9 Å². The lowest BCUT2D eigenvalue weighted by Crippen LogP contribution is -1.96. The molecule has 0 saturated carbocycles. The Morgan fingerprint density at radius 1 is 1.16 bits per heavy atom. The predicted octanol–water partition coefficient (Wildman–Crippen LogP) is 5.99. The first-order valence-electron chi connectivity index (χ1n) is 7.45. The summed E-state index contributed by atoms with van der Waals surface area (Å²) in [6.07, 6.45) is 3.21. The number of hydrogen-bond acceptors (Lipinski definition) is 2. The summed E-state index contributed by atoms with van der Waals surface area (Å²) >= 11 is 14.7. The smallest absolute Gasteiger partial charge is 0.185 e. The van der Waals surface area contributed by atoms with Crippen LogP contribution in [-0.4, -0.2) is 15.6 Å². The molecule has 6 heteroatoms. The molecule has 0 aliphatic carbocycles. The van der Waals surface area contributed by atoms with Gasteiger partial charge >= 0.3 is 0 Å². The first-order valence-corrected chi connectivity index (χ1v) is 9.28. The summed E-state index contributed by atoms with van der Waals surface area (Å²) in [5.41, 5.74) is 2.84. The Hall–Kier alpha value is -1.63. The van der Waals surface area contributed by atoms with Crippen LogP contribution >= 0.6 is 45.8 Å². The molecule has 3 rings (SSSR count). The number of hydrogen-bond donors (Lipinski definition) is 0. The van der Waals surface area contributed by atoms with E-state index in [1.807, 2.05) is 31.2 Å². The average molecular weight is 483 g/mol. The van der Waals surface area contributed by atoms with Crippen molar-refractivity contribution in [3.05, 3.63) is 85.2 Å². The second-order valence-electron chi connectivity index (χ2n) is 5.39. The quantitative estimate of drug-likeness (QED) is 0.260. The fourth-order valence-electron chi connectivity index (χ4n) is 2.35. The molecule has 0 aliphatic rings. The van der Waals surface area contributed by atoms with Crippen LogP contribution in [0.2, 0.25) is 10.2 Å². The molecule has 0 unspecified atom stereocenters. The van der Waals surface area contributed by atoms with Crippen LogP contribution in [0.1, 0.15) is 21.6 Å². The van der Waals surface area contributed by atoms with E-state index in [0.29, 0.717) is 21.3 Å². The molecule has 0 spiro atoms. The molecule has 0 N–H and O–H groups in total. The van der Waals surface area contributed by atoms with Gasteiger partial charge in [0.25, 0.3) is 0 Å². The molecule has 1 heterocycles. The van der Waals surface area contributed by atoms with Gasteiger partial charge in [-0.3, -0.25) is 4.79 Å². The van der Waals surface area contributed by atoms with Gasteiger partial charge in [0.15, 0.2) is 5.78 Å². The Kier molecular flexibility index (Phi) is 5.61. The van der Waals surface area contributed by atoms with E-state index in [0.717, 1.165) is 15.0 Å². The number of halogens is 3. The Balaban J connectivity index is 1.90. The SMILES string of the molecule is Cc1nn(-c2cccc(Cl)c2)c(Cl)c1C=CC(=O)c1ccc(I)cc1. The van der Waals surface area contributed by atoms with Crippen molar-refractivity contribution in [3.63, 3.8) is 0 Å². The molecule has 2 aromatic carbocycles. The van der Waals surface area contributed by atoms with Gasteiger partial charge in [-0.05, 0) is 72.0 Å². The number of aromatic nitrogens is 2. The van der Waals surface area contributed by atoms with Crippen molar-refractivity contribution in [1.82, 2.24) is 9.78 Å². The Morgan fingerprint density at radius 3 is 2.56 bits per heavy atom. The minimum absolute atomic E-state index is 0.0811. The van der Waals surface area contributed by atoms with Gasteiger partial charge in [-0.25, -0.2) is 4.68 Å². The van der Waals surface area contributed by atoms with Crippen LogP contribution in [0.5, 0.6) is 0 Å². The molecule has 126 valence electrons. The van der Waals surface area contributed by atoms with E-state index in [4.69, 9.17) is 23.2 Å². The van der Waals surface area contributed by atoms with E-state index in [9.17, 15) is 4.79 Å². The van der Waals surface area contributed by atoms with Crippen molar-refractivity contribution < 1.29 is 4.79 Å². The summed E-state index contributed by atoms with van der Waals surface area (Å²) in [7, 11) is 0. The lowest BCUT2D eigenvalue weighted by Gasteiger charge is -2.03. The zero-order valence-electron chi connectivity index (χ0n) is 13.2. The fourth-order valence-corrected chi connectivity index (χ4v) is 3.23. The standard InChI is InChI=1S/C19H13Cl2IN2O/c1-12-17(9-10-18(25)13-5-7-15(22)8-6-13)19(21)24(23-12)16-4-2-3-14(20)11-16/h2-11H,1H3. The highest BCUT2D eigenvalue weighted by molar-refractivity contribution is 14.1. The number of rotatable bonds is 4. The van der Waals surface area contributed by atoms with Crippen LogP contribution in [0, 0.1) is 10.5 Å². The third-order valence-electron chi connectivity index (χ3n) is 3.63. The largest absolute Gasteiger partial charge is 0.289 e. The van der Waals surface area contributed by atoms with Gasteiger partial charge in [0.05, 0.1) is 11.4 Å². The van der Waals surface area contributed by atoms with Crippen LogP contribution in [0.15, 0.2) is 54.6 Å². The Bertz CT molecular complexity index is 962. The van der Waals surface area contributed by atoms with Crippen molar-refractivity contribution in [2.24, 2.45) is 0 Å². The number of carbonyl (C=O) groups excluding carboxylic acids is 1. The van der Waals surface area contributed by atoms with E-state index >= 15 is 0 Å². The van der Waals surface area contributed by atoms with Crippen molar-refractivity contribution >= 4 is 57.7 Å². The van der Waals surface area contributed by atoms with Gasteiger partial charge in [-0.15, -0.1) is 0 Å². The maximum atomic E-state index is 12.3. The number of aryl methyl sites for hydroxylation is 1. The van der Waals surface area contributed by atoms with Gasteiger partial charge in [0, 0.05) is 19.7 Å². The van der Waals surface area contributed by atoms with Crippen LogP contribution in [-0.2, 0) is 0 Å². The summed E-state index contributed by atoms with van der Waals surface area (Å²) in [6.45, 7) is 1.85. The maximum absolute atomic E-state index is 12.3. The Labute approximate surface area is 169 Å². The number of benzene rings is 2. The van der Waals surface area contributed by atoms with E-state index in [1.54, 1.807) is 35.0 Å². The van der Waals surface area contributed by atoms with Crippen molar-refractivity contribution in [2.45, 2.75) is 6.92 Å². The first-order chi connectivity index (χ1) is 12.0. The molecule has 3 nitrogen and oxygen atoms in total. The third kappa shape index (κ3) is 4.14. The van der Waals surface area contributed by atoms with Crippen LogP contribution < -0.4 is 0 Å². The first kappa shape index (κ1) is 18.2. The molecule has 0 fully saturated rings. The minimum Gasteiger partial charge on any atom is -0.289 e. The number of carbonyl (C=O) groups is 1. The lowest BCUT2D eigenvalue weighted by molar-refractivity contribution is 0.104. The highest BCUT2D eigenvalue weighted by Crippen LogP contribution is 2.26. The van der Waals surface area contributed by atoms with Crippen LogP contribution in [0.25, 0.3) is 11.8 Å². The molecule has 1 aromatic heterocycles. The zero-order chi connectivity index (χ0) is 18.0. The van der Waals surface area contributed by atoms with Crippen LogP contribution in [0.3, 0.4) is 0 Å². The normalized spacial score (nSPS) is 11.2. The second kappa shape index (κ2) is 7.72. The van der Waals surface area contributed by atoms with Crippen molar-refractivity contribution in [2.75, 3.05) is 0 Å². The van der Waals surface area contributed by atoms with Gasteiger partial charge in [0.2, 0.25) is 0 Å². The highest BCUT2D eigenvalue weighted by atomic mass is 127. The van der Waals surface area contributed by atoms with Crippen molar-refractivity contribution in [1.29, 1.82) is 0 Å². The molecule has 0 radical (unpaired) electrons. The molecule has 0 atom stereocenters. The Morgan fingerprint density at radius 2 is 1.88 bits per heavy atom. The van der Waals surface area contributed by atoms with E-state index in [1.165, 1.54) is 6.08 Å². The van der Waals surface area contributed by atoms with Gasteiger partial charge < -0.3 is 0 Å². The zero-order valence-corrected chi connectivity index (χ0v) is 16.9. The lowest BCUT2D eigenvalue weighted by atomic mass is 10.1. The molecule has 25 heavy (non-hydrogen) atoms. The molecule has 0 saturated heterocycles. The summed E-state index contributed by atoms with van der Waals surface area (Å²) in [6, 6.07) is 14.7. The number of nitrogens with zero attached hydrogens (tertiary/aromatic N) is 2. The minimum atomic E-state index is -0.0811. The fraction of sp³-hybridized carbons (Fsp3) is 0.0526. The summed E-state index contributed by atoms with van der Waals surface area (Å²) in [4.78, 5) is 12.3. The monoisotopic (exact) mass is 482 g/mol. The molecular formula is C19H13Cl2IN2O. The molecule has 0 aliphatic heterocycles. The third-order valence-corrected chi connectivity index (χ3v) is 4.95. The second-order valence-corrected chi connectivity index (χ2v) is 7.43.